The number of benzene rings is 1. The number of rotatable bonds is 4. The number of nitrogens with zero attached hydrogens (tertiary/aromatic N) is 1. The zero-order valence-corrected chi connectivity index (χ0v) is 13.4. The number of carbonyl (C=O) groups excluding carboxylic acids is 3. The lowest BCUT2D eigenvalue weighted by Crippen LogP contribution is -2.52. The summed E-state index contributed by atoms with van der Waals surface area (Å²) in [6.45, 7) is 0.195. The first-order valence-corrected chi connectivity index (χ1v) is 7.89. The van der Waals surface area contributed by atoms with Gasteiger partial charge in [0.2, 0.25) is 5.91 Å². The highest BCUT2D eigenvalue weighted by atomic mass is 16.5. The quantitative estimate of drug-likeness (QED) is 0.720. The highest BCUT2D eigenvalue weighted by Crippen LogP contribution is 2.32. The molecule has 0 aromatic heterocycles. The Balaban J connectivity index is 1.67. The molecule has 0 radical (unpaired) electrons. The maximum Gasteiger partial charge on any atom is 0.321 e. The van der Waals surface area contributed by atoms with Gasteiger partial charge in [0.15, 0.2) is 6.10 Å². The lowest BCUT2D eigenvalue weighted by Gasteiger charge is -2.34. The van der Waals surface area contributed by atoms with Gasteiger partial charge < -0.3 is 20.3 Å². The van der Waals surface area contributed by atoms with E-state index in [0.717, 1.165) is 18.5 Å². The Morgan fingerprint density at radius 1 is 1.25 bits per heavy atom. The van der Waals surface area contributed by atoms with E-state index in [2.05, 4.69) is 16.0 Å². The Morgan fingerprint density at radius 2 is 2.00 bits per heavy atom. The van der Waals surface area contributed by atoms with Crippen molar-refractivity contribution in [2.45, 2.75) is 25.0 Å². The molecule has 8 nitrogen and oxygen atoms in total. The second-order valence-electron chi connectivity index (χ2n) is 5.86. The van der Waals surface area contributed by atoms with E-state index in [1.165, 1.54) is 7.05 Å². The largest absolute Gasteiger partial charge is 0.477 e. The lowest BCUT2D eigenvalue weighted by atomic mass is 10.1. The third kappa shape index (κ3) is 3.76. The van der Waals surface area contributed by atoms with Gasteiger partial charge in [-0.2, -0.15) is 0 Å². The number of nitrogens with one attached hydrogen (secondary N) is 3. The van der Waals surface area contributed by atoms with Crippen molar-refractivity contribution in [3.63, 3.8) is 0 Å². The summed E-state index contributed by atoms with van der Waals surface area (Å²) in [5, 5.41) is 7.56. The number of imide groups is 1. The van der Waals surface area contributed by atoms with Crippen molar-refractivity contribution in [1.82, 2.24) is 16.0 Å². The molecule has 0 spiro atoms. The van der Waals surface area contributed by atoms with E-state index in [1.807, 2.05) is 12.1 Å². The van der Waals surface area contributed by atoms with Gasteiger partial charge in [0.05, 0.1) is 18.8 Å². The number of likely N-dealkylation sites (N-methyl/N-ethyl adjacent to an activating group) is 1. The summed E-state index contributed by atoms with van der Waals surface area (Å²) in [6.07, 6.45) is 1.19. The number of hydrogen-bond acceptors (Lipinski definition) is 5. The number of anilines is 1. The minimum Gasteiger partial charge on any atom is -0.477 e. The van der Waals surface area contributed by atoms with Crippen LogP contribution in [0, 0.1) is 0 Å². The topological polar surface area (TPSA) is 99.8 Å². The van der Waals surface area contributed by atoms with Gasteiger partial charge in [0, 0.05) is 13.1 Å². The number of amides is 4. The summed E-state index contributed by atoms with van der Waals surface area (Å²) < 4.78 is 5.67. The average Bonchev–Trinajstić information content (AvgIpc) is 3.37. The van der Waals surface area contributed by atoms with E-state index in [4.69, 9.17) is 4.74 Å². The zero-order valence-electron chi connectivity index (χ0n) is 13.4. The Kier molecular flexibility index (Phi) is 4.54. The van der Waals surface area contributed by atoms with Gasteiger partial charge in [0.25, 0.3) is 5.91 Å². The molecule has 4 amide bonds. The molecule has 1 aromatic rings. The Hall–Kier alpha value is -2.77. The molecular formula is C16H20N4O4. The van der Waals surface area contributed by atoms with Gasteiger partial charge >= 0.3 is 6.03 Å². The molecule has 1 saturated carbocycles. The summed E-state index contributed by atoms with van der Waals surface area (Å²) >= 11 is 0. The molecule has 3 rings (SSSR count). The lowest BCUT2D eigenvalue weighted by molar-refractivity contribution is -0.127. The first-order chi connectivity index (χ1) is 11.6. The molecule has 1 fully saturated rings. The van der Waals surface area contributed by atoms with Crippen molar-refractivity contribution in [2.24, 2.45) is 0 Å². The van der Waals surface area contributed by atoms with Crippen LogP contribution in [0.15, 0.2) is 24.3 Å². The fourth-order valence-corrected chi connectivity index (χ4v) is 2.54. The van der Waals surface area contributed by atoms with Gasteiger partial charge in [0.1, 0.15) is 5.75 Å². The van der Waals surface area contributed by atoms with Crippen LogP contribution in [0.4, 0.5) is 10.5 Å². The molecule has 1 aliphatic carbocycles. The molecule has 0 saturated heterocycles. The molecule has 2 aliphatic rings. The van der Waals surface area contributed by atoms with E-state index in [0.29, 0.717) is 5.75 Å². The number of ether oxygens (including phenoxy) is 1. The zero-order chi connectivity index (χ0) is 17.1. The SMILES string of the molecule is CNC(=O)[C@@H]1CN(CC(=O)NC(=O)NC2CC2)c2ccccc2O1. The number of urea groups is 1. The second-order valence-corrected chi connectivity index (χ2v) is 5.86. The summed E-state index contributed by atoms with van der Waals surface area (Å²) in [4.78, 5) is 37.4. The fraction of sp³-hybridized carbons (Fsp3) is 0.438. The van der Waals surface area contributed by atoms with Crippen molar-refractivity contribution in [3.8, 4) is 5.75 Å². The normalized spacial score (nSPS) is 18.9. The number of fused-ring (bicyclic) bond motifs is 1. The number of hydrogen-bond donors (Lipinski definition) is 3. The van der Waals surface area contributed by atoms with Gasteiger partial charge in [-0.15, -0.1) is 0 Å². The Morgan fingerprint density at radius 3 is 2.71 bits per heavy atom. The highest BCUT2D eigenvalue weighted by molar-refractivity contribution is 5.97. The summed E-state index contributed by atoms with van der Waals surface area (Å²) in [7, 11) is 1.53. The van der Waals surface area contributed by atoms with Crippen molar-refractivity contribution in [2.75, 3.05) is 25.0 Å². The van der Waals surface area contributed by atoms with Gasteiger partial charge in [-0.1, -0.05) is 12.1 Å². The highest BCUT2D eigenvalue weighted by Gasteiger charge is 2.31. The Labute approximate surface area is 139 Å². The van der Waals surface area contributed by atoms with Gasteiger partial charge in [-0.3, -0.25) is 14.9 Å². The van der Waals surface area contributed by atoms with Gasteiger partial charge in [-0.25, -0.2) is 4.79 Å². The first kappa shape index (κ1) is 16.1. The van der Waals surface area contributed by atoms with E-state index in [-0.39, 0.29) is 25.0 Å². The van der Waals surface area contributed by atoms with Crippen LogP contribution < -0.4 is 25.6 Å². The third-order valence-electron chi connectivity index (χ3n) is 3.90. The average molecular weight is 332 g/mol. The Bertz CT molecular complexity index is 659. The van der Waals surface area contributed by atoms with Crippen molar-refractivity contribution >= 4 is 23.5 Å². The van der Waals surface area contributed by atoms with Gasteiger partial charge in [-0.05, 0) is 25.0 Å². The van der Waals surface area contributed by atoms with E-state index >= 15 is 0 Å². The van der Waals surface area contributed by atoms with Crippen molar-refractivity contribution in [1.29, 1.82) is 0 Å². The van der Waals surface area contributed by atoms with Crippen LogP contribution in [0.25, 0.3) is 0 Å². The van der Waals surface area contributed by atoms with Crippen LogP contribution in [-0.4, -0.2) is 50.1 Å². The first-order valence-electron chi connectivity index (χ1n) is 7.89. The van der Waals surface area contributed by atoms with Crippen molar-refractivity contribution < 1.29 is 19.1 Å². The molecule has 1 atom stereocenters. The minimum atomic E-state index is -0.710. The number of carbonyl (C=O) groups is 3. The molecule has 0 unspecified atom stereocenters. The van der Waals surface area contributed by atoms with Crippen LogP contribution in [0.3, 0.4) is 0 Å². The molecule has 3 N–H and O–H groups in total. The summed E-state index contributed by atoms with van der Waals surface area (Å²) in [5.41, 5.74) is 0.718. The van der Waals surface area contributed by atoms with E-state index in [1.54, 1.807) is 17.0 Å². The van der Waals surface area contributed by atoms with Crippen LogP contribution >= 0.6 is 0 Å². The molecular weight excluding hydrogens is 312 g/mol. The minimum absolute atomic E-state index is 0.0358. The maximum atomic E-state index is 12.1. The molecule has 1 aromatic carbocycles. The monoisotopic (exact) mass is 332 g/mol. The van der Waals surface area contributed by atoms with Crippen molar-refractivity contribution in [3.05, 3.63) is 24.3 Å². The predicted octanol–water partition coefficient (Wildman–Crippen LogP) is -0.0118. The standard InChI is InChI=1S/C16H20N4O4/c1-17-15(22)13-8-20(11-4-2-3-5-12(11)24-13)9-14(21)19-16(23)18-10-6-7-10/h2-5,10,13H,6-9H2,1H3,(H,17,22)(H2,18,19,21,23)/t13-/m0/s1. The molecule has 8 heteroatoms. The van der Waals surface area contributed by atoms with Crippen LogP contribution in [-0.2, 0) is 9.59 Å². The molecule has 0 bridgehead atoms. The number of para-hydroxylation sites is 2. The third-order valence-corrected chi connectivity index (χ3v) is 3.90. The van der Waals surface area contributed by atoms with E-state index in [9.17, 15) is 14.4 Å². The fourth-order valence-electron chi connectivity index (χ4n) is 2.54. The summed E-state index contributed by atoms with van der Waals surface area (Å²) in [5.74, 6) is -0.158. The van der Waals surface area contributed by atoms with Crippen LogP contribution in [0.5, 0.6) is 5.75 Å². The molecule has 128 valence electrons. The molecule has 1 heterocycles. The van der Waals surface area contributed by atoms with E-state index < -0.39 is 18.0 Å². The predicted molar refractivity (Wildman–Crippen MR) is 86.8 cm³/mol. The second kappa shape index (κ2) is 6.77. The van der Waals surface area contributed by atoms with Crippen LogP contribution in [0.2, 0.25) is 0 Å². The molecule has 24 heavy (non-hydrogen) atoms. The van der Waals surface area contributed by atoms with Crippen LogP contribution in [0.1, 0.15) is 12.8 Å². The summed E-state index contributed by atoms with van der Waals surface area (Å²) in [6, 6.07) is 6.88. The molecule has 1 aliphatic heterocycles. The maximum absolute atomic E-state index is 12.1. The smallest absolute Gasteiger partial charge is 0.321 e.